The SMILES string of the molecule is CC(C)c1nc2c([nH]1)C[C@H](C(=O)NCc1cscn1)CC2. The molecule has 1 atom stereocenters. The third-order valence-corrected chi connectivity index (χ3v) is 4.54. The predicted octanol–water partition coefficient (Wildman–Crippen LogP) is 2.41. The molecule has 3 rings (SSSR count). The average Bonchev–Trinajstić information content (AvgIpc) is 3.12. The fraction of sp³-hybridized carbons (Fsp3) is 0.533. The Morgan fingerprint density at radius 3 is 3.14 bits per heavy atom. The largest absolute Gasteiger partial charge is 0.350 e. The van der Waals surface area contributed by atoms with Gasteiger partial charge in [0.2, 0.25) is 5.91 Å². The van der Waals surface area contributed by atoms with Crippen molar-refractivity contribution in [1.29, 1.82) is 0 Å². The Morgan fingerprint density at radius 2 is 2.43 bits per heavy atom. The number of hydrogen-bond donors (Lipinski definition) is 2. The highest BCUT2D eigenvalue weighted by atomic mass is 32.1. The second-order valence-electron chi connectivity index (χ2n) is 5.84. The lowest BCUT2D eigenvalue weighted by molar-refractivity contribution is -0.125. The Labute approximate surface area is 128 Å². The molecule has 2 N–H and O–H groups in total. The zero-order chi connectivity index (χ0) is 14.8. The molecule has 112 valence electrons. The Morgan fingerprint density at radius 1 is 1.57 bits per heavy atom. The van der Waals surface area contributed by atoms with Gasteiger partial charge in [0.05, 0.1) is 23.4 Å². The minimum atomic E-state index is 0.0385. The van der Waals surface area contributed by atoms with E-state index in [1.807, 2.05) is 5.38 Å². The Bertz CT molecular complexity index is 618. The molecule has 21 heavy (non-hydrogen) atoms. The maximum atomic E-state index is 12.3. The molecule has 0 saturated heterocycles. The standard InChI is InChI=1S/C15H20N4OS/c1-9(2)14-18-12-4-3-10(5-13(12)19-14)15(20)16-6-11-7-21-8-17-11/h7-10H,3-6H2,1-2H3,(H,16,20)(H,18,19)/t10-/m1/s1. The lowest BCUT2D eigenvalue weighted by Crippen LogP contribution is -2.33. The van der Waals surface area contributed by atoms with Crippen LogP contribution < -0.4 is 5.32 Å². The van der Waals surface area contributed by atoms with Crippen LogP contribution in [-0.2, 0) is 24.2 Å². The first-order valence-electron chi connectivity index (χ1n) is 7.36. The summed E-state index contributed by atoms with van der Waals surface area (Å²) in [6, 6.07) is 0. The second-order valence-corrected chi connectivity index (χ2v) is 6.56. The van der Waals surface area contributed by atoms with Crippen LogP contribution in [0.3, 0.4) is 0 Å². The number of thiazole rings is 1. The minimum absolute atomic E-state index is 0.0385. The number of aryl methyl sites for hydroxylation is 1. The van der Waals surface area contributed by atoms with Crippen molar-refractivity contribution in [3.05, 3.63) is 33.8 Å². The fourth-order valence-electron chi connectivity index (χ4n) is 2.65. The summed E-state index contributed by atoms with van der Waals surface area (Å²) in [6.45, 7) is 4.77. The molecule has 0 radical (unpaired) electrons. The van der Waals surface area contributed by atoms with Gasteiger partial charge in [0.25, 0.3) is 0 Å². The Hall–Kier alpha value is -1.69. The molecule has 1 amide bonds. The molecule has 2 aromatic rings. The number of aromatic amines is 1. The monoisotopic (exact) mass is 304 g/mol. The minimum Gasteiger partial charge on any atom is -0.350 e. The van der Waals surface area contributed by atoms with Gasteiger partial charge < -0.3 is 10.3 Å². The number of H-pyrrole nitrogens is 1. The first-order chi connectivity index (χ1) is 10.1. The number of nitrogens with one attached hydrogen (secondary N) is 2. The van der Waals surface area contributed by atoms with E-state index in [0.29, 0.717) is 12.5 Å². The van der Waals surface area contributed by atoms with Crippen LogP contribution in [0.4, 0.5) is 0 Å². The number of hydrogen-bond acceptors (Lipinski definition) is 4. The van der Waals surface area contributed by atoms with Crippen LogP contribution in [0.15, 0.2) is 10.9 Å². The van der Waals surface area contributed by atoms with Crippen LogP contribution in [0.2, 0.25) is 0 Å². The van der Waals surface area contributed by atoms with E-state index in [1.54, 1.807) is 16.8 Å². The van der Waals surface area contributed by atoms with E-state index in [4.69, 9.17) is 0 Å². The lowest BCUT2D eigenvalue weighted by Gasteiger charge is -2.20. The molecule has 6 heteroatoms. The quantitative estimate of drug-likeness (QED) is 0.911. The molecule has 5 nitrogen and oxygen atoms in total. The van der Waals surface area contributed by atoms with Gasteiger partial charge >= 0.3 is 0 Å². The van der Waals surface area contributed by atoms with Gasteiger partial charge in [-0.15, -0.1) is 11.3 Å². The summed E-state index contributed by atoms with van der Waals surface area (Å²) in [5.74, 6) is 1.59. The molecule has 2 heterocycles. The number of carbonyl (C=O) groups is 1. The fourth-order valence-corrected chi connectivity index (χ4v) is 3.21. The van der Waals surface area contributed by atoms with Crippen LogP contribution in [-0.4, -0.2) is 20.9 Å². The van der Waals surface area contributed by atoms with Gasteiger partial charge in [0.1, 0.15) is 5.82 Å². The van der Waals surface area contributed by atoms with E-state index < -0.39 is 0 Å². The summed E-state index contributed by atoms with van der Waals surface area (Å²) >= 11 is 1.55. The van der Waals surface area contributed by atoms with Crippen LogP contribution in [0.5, 0.6) is 0 Å². The number of aromatic nitrogens is 3. The van der Waals surface area contributed by atoms with E-state index in [1.165, 1.54) is 0 Å². The second kappa shape index (κ2) is 5.97. The molecule has 2 aromatic heterocycles. The number of amides is 1. The predicted molar refractivity (Wildman–Crippen MR) is 82.2 cm³/mol. The molecule has 0 saturated carbocycles. The van der Waals surface area contributed by atoms with Gasteiger partial charge in [0.15, 0.2) is 0 Å². The zero-order valence-electron chi connectivity index (χ0n) is 12.3. The molecule has 0 bridgehead atoms. The highest BCUT2D eigenvalue weighted by Crippen LogP contribution is 2.26. The average molecular weight is 304 g/mol. The third-order valence-electron chi connectivity index (χ3n) is 3.91. The number of imidazole rings is 1. The lowest BCUT2D eigenvalue weighted by atomic mass is 9.89. The summed E-state index contributed by atoms with van der Waals surface area (Å²) in [7, 11) is 0. The number of carbonyl (C=O) groups excluding carboxylic acids is 1. The normalized spacial score (nSPS) is 17.8. The van der Waals surface area contributed by atoms with E-state index in [0.717, 1.165) is 42.2 Å². The van der Waals surface area contributed by atoms with Gasteiger partial charge in [-0.2, -0.15) is 0 Å². The molecule has 0 aromatic carbocycles. The van der Waals surface area contributed by atoms with Crippen LogP contribution >= 0.6 is 11.3 Å². The van der Waals surface area contributed by atoms with Gasteiger partial charge in [0, 0.05) is 29.3 Å². The van der Waals surface area contributed by atoms with E-state index in [-0.39, 0.29) is 11.8 Å². The number of rotatable bonds is 4. The van der Waals surface area contributed by atoms with E-state index in [9.17, 15) is 4.79 Å². The molecular weight excluding hydrogens is 284 g/mol. The van der Waals surface area contributed by atoms with Gasteiger partial charge in [-0.05, 0) is 12.8 Å². The van der Waals surface area contributed by atoms with Crippen LogP contribution in [0, 0.1) is 5.92 Å². The number of nitrogens with zero attached hydrogens (tertiary/aromatic N) is 2. The zero-order valence-corrected chi connectivity index (χ0v) is 13.2. The molecule has 1 aliphatic carbocycles. The first-order valence-corrected chi connectivity index (χ1v) is 8.30. The van der Waals surface area contributed by atoms with Crippen molar-refractivity contribution in [1.82, 2.24) is 20.3 Å². The van der Waals surface area contributed by atoms with Crippen molar-refractivity contribution in [3.8, 4) is 0 Å². The third kappa shape index (κ3) is 3.15. The summed E-state index contributed by atoms with van der Waals surface area (Å²) in [5.41, 5.74) is 4.99. The highest BCUT2D eigenvalue weighted by molar-refractivity contribution is 7.07. The van der Waals surface area contributed by atoms with Crippen molar-refractivity contribution in [2.45, 2.75) is 45.6 Å². The summed E-state index contributed by atoms with van der Waals surface area (Å²) in [6.07, 6.45) is 2.52. The van der Waals surface area contributed by atoms with Crippen molar-refractivity contribution in [2.75, 3.05) is 0 Å². The maximum absolute atomic E-state index is 12.3. The molecular formula is C15H20N4OS. The smallest absolute Gasteiger partial charge is 0.223 e. The molecule has 0 unspecified atom stereocenters. The molecule has 0 aliphatic heterocycles. The van der Waals surface area contributed by atoms with Crippen LogP contribution in [0.25, 0.3) is 0 Å². The maximum Gasteiger partial charge on any atom is 0.223 e. The summed E-state index contributed by atoms with van der Waals surface area (Å²) in [4.78, 5) is 24.5. The molecule has 1 aliphatic rings. The molecule has 0 spiro atoms. The van der Waals surface area contributed by atoms with Crippen molar-refractivity contribution >= 4 is 17.2 Å². The van der Waals surface area contributed by atoms with E-state index in [2.05, 4.69) is 34.1 Å². The Kier molecular flexibility index (Phi) is 4.05. The topological polar surface area (TPSA) is 70.7 Å². The Balaban J connectivity index is 1.61. The highest BCUT2D eigenvalue weighted by Gasteiger charge is 2.27. The molecule has 0 fully saturated rings. The van der Waals surface area contributed by atoms with Crippen LogP contribution in [0.1, 0.15) is 49.1 Å². The summed E-state index contributed by atoms with van der Waals surface area (Å²) in [5, 5.41) is 4.95. The van der Waals surface area contributed by atoms with Crippen molar-refractivity contribution < 1.29 is 4.79 Å². The first kappa shape index (κ1) is 14.3. The number of fused-ring (bicyclic) bond motifs is 1. The van der Waals surface area contributed by atoms with Crippen molar-refractivity contribution in [2.24, 2.45) is 5.92 Å². The summed E-state index contributed by atoms with van der Waals surface area (Å²) < 4.78 is 0. The van der Waals surface area contributed by atoms with Gasteiger partial charge in [-0.1, -0.05) is 13.8 Å². The van der Waals surface area contributed by atoms with Gasteiger partial charge in [-0.3, -0.25) is 4.79 Å². The van der Waals surface area contributed by atoms with Crippen molar-refractivity contribution in [3.63, 3.8) is 0 Å². The van der Waals surface area contributed by atoms with E-state index >= 15 is 0 Å². The van der Waals surface area contributed by atoms with Gasteiger partial charge in [-0.25, -0.2) is 9.97 Å².